The van der Waals surface area contributed by atoms with Gasteiger partial charge in [-0.2, -0.15) is 0 Å². The van der Waals surface area contributed by atoms with Gasteiger partial charge in [-0.3, -0.25) is 4.98 Å². The van der Waals surface area contributed by atoms with Gasteiger partial charge < -0.3 is 0 Å². The van der Waals surface area contributed by atoms with Crippen molar-refractivity contribution in [2.75, 3.05) is 0 Å². The summed E-state index contributed by atoms with van der Waals surface area (Å²) >= 11 is 0. The van der Waals surface area contributed by atoms with Crippen LogP contribution in [0.5, 0.6) is 0 Å². The molecule has 0 aromatic carbocycles. The summed E-state index contributed by atoms with van der Waals surface area (Å²) in [4.78, 5) is 3.96. The predicted molar refractivity (Wildman–Crippen MR) is 42.9 cm³/mol. The molecule has 0 aliphatic rings. The van der Waals surface area contributed by atoms with Crippen LogP contribution in [0.25, 0.3) is 0 Å². The molecule has 0 saturated heterocycles. The Kier molecular flexibility index (Phi) is 2.43. The van der Waals surface area contributed by atoms with Gasteiger partial charge in [0.15, 0.2) is 0 Å². The maximum absolute atomic E-state index is 3.96. The second-order valence-electron chi connectivity index (χ2n) is 2.59. The van der Waals surface area contributed by atoms with Crippen molar-refractivity contribution in [2.24, 2.45) is 0 Å². The maximum Gasteiger partial charge on any atom is 0.0270 e. The third-order valence-electron chi connectivity index (χ3n) is 1.89. The van der Waals surface area contributed by atoms with Crippen molar-refractivity contribution in [3.05, 3.63) is 30.1 Å². The van der Waals surface area contributed by atoms with Crippen LogP contribution < -0.4 is 0 Å². The molecule has 0 amide bonds. The molecule has 0 fully saturated rings. The molecule has 1 rings (SSSR count). The summed E-state index contributed by atoms with van der Waals surface area (Å²) < 4.78 is 0. The molecule has 0 aliphatic heterocycles. The van der Waals surface area contributed by atoms with Gasteiger partial charge in [0.2, 0.25) is 0 Å². The van der Waals surface area contributed by atoms with Crippen LogP contribution in [0.1, 0.15) is 31.7 Å². The van der Waals surface area contributed by atoms with Gasteiger partial charge in [0.25, 0.3) is 0 Å². The van der Waals surface area contributed by atoms with E-state index in [0.29, 0.717) is 5.92 Å². The number of hydrogen-bond donors (Lipinski definition) is 0. The zero-order valence-corrected chi connectivity index (χ0v) is 6.54. The molecular formula is C9H13N. The second kappa shape index (κ2) is 3.35. The second-order valence-corrected chi connectivity index (χ2v) is 2.59. The fourth-order valence-electron chi connectivity index (χ4n) is 0.928. The number of nitrogens with zero attached hydrogens (tertiary/aromatic N) is 1. The zero-order chi connectivity index (χ0) is 7.40. The molecule has 0 N–H and O–H groups in total. The van der Waals surface area contributed by atoms with E-state index in [0.717, 1.165) is 0 Å². The van der Waals surface area contributed by atoms with Crippen LogP contribution in [-0.2, 0) is 0 Å². The van der Waals surface area contributed by atoms with Crippen LogP contribution >= 0.6 is 0 Å². The zero-order valence-electron chi connectivity index (χ0n) is 6.54. The van der Waals surface area contributed by atoms with E-state index in [1.807, 2.05) is 12.4 Å². The van der Waals surface area contributed by atoms with E-state index in [-0.39, 0.29) is 0 Å². The van der Waals surface area contributed by atoms with E-state index >= 15 is 0 Å². The summed E-state index contributed by atoms with van der Waals surface area (Å²) in [5.41, 5.74) is 1.39. The Labute approximate surface area is 62.1 Å². The lowest BCUT2D eigenvalue weighted by molar-refractivity contribution is 0.732. The Morgan fingerprint density at radius 2 is 2.00 bits per heavy atom. The Hall–Kier alpha value is -0.850. The van der Waals surface area contributed by atoms with Crippen molar-refractivity contribution in [1.82, 2.24) is 4.98 Å². The average Bonchev–Trinajstić information content (AvgIpc) is 2.05. The molecule has 1 heteroatoms. The Morgan fingerprint density at radius 3 is 2.50 bits per heavy atom. The van der Waals surface area contributed by atoms with E-state index in [1.165, 1.54) is 12.0 Å². The van der Waals surface area contributed by atoms with Crippen LogP contribution in [-0.4, -0.2) is 4.98 Å². The van der Waals surface area contributed by atoms with Crippen LogP contribution in [0.15, 0.2) is 24.5 Å². The lowest BCUT2D eigenvalue weighted by Crippen LogP contribution is -1.89. The maximum atomic E-state index is 3.96. The van der Waals surface area contributed by atoms with Crippen molar-refractivity contribution in [3.8, 4) is 0 Å². The molecule has 54 valence electrons. The lowest BCUT2D eigenvalue weighted by Gasteiger charge is -2.06. The average molecular weight is 135 g/mol. The molecule has 1 heterocycles. The van der Waals surface area contributed by atoms with Crippen molar-refractivity contribution in [1.29, 1.82) is 0 Å². The third kappa shape index (κ3) is 1.56. The fraction of sp³-hybridized carbons (Fsp3) is 0.444. The van der Waals surface area contributed by atoms with Crippen LogP contribution in [0.3, 0.4) is 0 Å². The van der Waals surface area contributed by atoms with Crippen molar-refractivity contribution < 1.29 is 0 Å². The SMILES string of the molecule is CCC(C)c1ccncc1. The van der Waals surface area contributed by atoms with Crippen molar-refractivity contribution in [3.63, 3.8) is 0 Å². The highest BCUT2D eigenvalue weighted by molar-refractivity contribution is 5.14. The minimum atomic E-state index is 0.669. The molecule has 1 aromatic heterocycles. The Bertz CT molecular complexity index is 181. The first-order valence-corrected chi connectivity index (χ1v) is 3.74. The van der Waals surface area contributed by atoms with Crippen LogP contribution in [0.2, 0.25) is 0 Å². The lowest BCUT2D eigenvalue weighted by atomic mass is 10.0. The first-order chi connectivity index (χ1) is 4.84. The molecule has 1 unspecified atom stereocenters. The topological polar surface area (TPSA) is 12.9 Å². The number of rotatable bonds is 2. The van der Waals surface area contributed by atoms with E-state index in [9.17, 15) is 0 Å². The Balaban J connectivity index is 2.75. The fourth-order valence-corrected chi connectivity index (χ4v) is 0.928. The van der Waals surface area contributed by atoms with Gasteiger partial charge in [-0.05, 0) is 30.0 Å². The standard InChI is InChI=1S/C9H13N/c1-3-8(2)9-4-6-10-7-5-9/h4-8H,3H2,1-2H3. The first-order valence-electron chi connectivity index (χ1n) is 3.74. The highest BCUT2D eigenvalue weighted by atomic mass is 14.6. The Morgan fingerprint density at radius 1 is 1.40 bits per heavy atom. The monoisotopic (exact) mass is 135 g/mol. The molecule has 10 heavy (non-hydrogen) atoms. The summed E-state index contributed by atoms with van der Waals surface area (Å²) in [5, 5.41) is 0. The smallest absolute Gasteiger partial charge is 0.0270 e. The molecule has 0 bridgehead atoms. The van der Waals surface area contributed by atoms with Gasteiger partial charge in [-0.1, -0.05) is 13.8 Å². The van der Waals surface area contributed by atoms with Gasteiger partial charge in [0.05, 0.1) is 0 Å². The van der Waals surface area contributed by atoms with Gasteiger partial charge >= 0.3 is 0 Å². The minimum Gasteiger partial charge on any atom is -0.265 e. The normalized spacial score (nSPS) is 13.0. The summed E-state index contributed by atoms with van der Waals surface area (Å²) in [6.07, 6.45) is 4.90. The molecular weight excluding hydrogens is 122 g/mol. The summed E-state index contributed by atoms with van der Waals surface area (Å²) in [5.74, 6) is 0.669. The minimum absolute atomic E-state index is 0.669. The van der Waals surface area contributed by atoms with E-state index in [1.54, 1.807) is 0 Å². The summed E-state index contributed by atoms with van der Waals surface area (Å²) in [6.45, 7) is 4.43. The van der Waals surface area contributed by atoms with Crippen LogP contribution in [0, 0.1) is 0 Å². The van der Waals surface area contributed by atoms with Gasteiger partial charge in [-0.15, -0.1) is 0 Å². The first kappa shape index (κ1) is 7.26. The van der Waals surface area contributed by atoms with Crippen molar-refractivity contribution in [2.45, 2.75) is 26.2 Å². The number of aromatic nitrogens is 1. The molecule has 1 atom stereocenters. The van der Waals surface area contributed by atoms with Crippen LogP contribution in [0.4, 0.5) is 0 Å². The van der Waals surface area contributed by atoms with Gasteiger partial charge in [-0.25, -0.2) is 0 Å². The molecule has 1 aromatic rings. The third-order valence-corrected chi connectivity index (χ3v) is 1.89. The predicted octanol–water partition coefficient (Wildman–Crippen LogP) is 2.60. The largest absolute Gasteiger partial charge is 0.265 e. The highest BCUT2D eigenvalue weighted by Gasteiger charge is 1.99. The van der Waals surface area contributed by atoms with E-state index in [4.69, 9.17) is 0 Å². The number of hydrogen-bond acceptors (Lipinski definition) is 1. The molecule has 0 saturated carbocycles. The van der Waals surface area contributed by atoms with E-state index < -0.39 is 0 Å². The molecule has 1 nitrogen and oxygen atoms in total. The molecule has 0 radical (unpaired) electrons. The summed E-state index contributed by atoms with van der Waals surface area (Å²) in [7, 11) is 0. The van der Waals surface area contributed by atoms with Crippen molar-refractivity contribution >= 4 is 0 Å². The highest BCUT2D eigenvalue weighted by Crippen LogP contribution is 2.16. The number of pyridine rings is 1. The summed E-state index contributed by atoms with van der Waals surface area (Å²) in [6, 6.07) is 4.16. The quantitative estimate of drug-likeness (QED) is 0.607. The molecule has 0 aliphatic carbocycles. The molecule has 0 spiro atoms. The van der Waals surface area contributed by atoms with Gasteiger partial charge in [0.1, 0.15) is 0 Å². The van der Waals surface area contributed by atoms with Gasteiger partial charge in [0, 0.05) is 12.4 Å². The van der Waals surface area contributed by atoms with E-state index in [2.05, 4.69) is 31.0 Å².